The second-order valence-corrected chi connectivity index (χ2v) is 5.33. The normalized spacial score (nSPS) is 12.2. The summed E-state index contributed by atoms with van der Waals surface area (Å²) >= 11 is 5.94. The number of hydrogen-bond donors (Lipinski definition) is 1. The van der Waals surface area contributed by atoms with Gasteiger partial charge in [0, 0.05) is 6.04 Å². The number of ether oxygens (including phenoxy) is 1. The van der Waals surface area contributed by atoms with E-state index in [0.717, 1.165) is 13.0 Å². The van der Waals surface area contributed by atoms with Crippen LogP contribution in [-0.2, 0) is 0 Å². The summed E-state index contributed by atoms with van der Waals surface area (Å²) in [4.78, 5) is 0. The van der Waals surface area contributed by atoms with Crippen LogP contribution in [0.1, 0.15) is 31.9 Å². The maximum atomic E-state index is 13.0. The molecule has 1 N–H and O–H groups in total. The molecule has 0 aromatic heterocycles. The highest BCUT2D eigenvalue weighted by molar-refractivity contribution is 6.32. The highest BCUT2D eigenvalue weighted by atomic mass is 35.5. The average molecular weight is 308 g/mol. The van der Waals surface area contributed by atoms with Gasteiger partial charge in [0.05, 0.1) is 5.02 Å². The molecule has 0 saturated carbocycles. The lowest BCUT2D eigenvalue weighted by molar-refractivity contribution is 0.480. The minimum Gasteiger partial charge on any atom is -0.456 e. The summed E-state index contributed by atoms with van der Waals surface area (Å²) < 4.78 is 18.6. The fourth-order valence-electron chi connectivity index (χ4n) is 1.99. The van der Waals surface area contributed by atoms with Gasteiger partial charge in [0.25, 0.3) is 0 Å². The van der Waals surface area contributed by atoms with Gasteiger partial charge in [0.15, 0.2) is 0 Å². The zero-order valence-corrected chi connectivity index (χ0v) is 13.0. The molecule has 112 valence electrons. The van der Waals surface area contributed by atoms with Crippen molar-refractivity contribution in [2.45, 2.75) is 26.3 Å². The first-order valence-corrected chi connectivity index (χ1v) is 7.44. The second kappa shape index (κ2) is 7.43. The number of rotatable bonds is 6. The van der Waals surface area contributed by atoms with E-state index in [1.165, 1.54) is 23.8 Å². The molecule has 2 rings (SSSR count). The van der Waals surface area contributed by atoms with Gasteiger partial charge in [-0.1, -0.05) is 30.7 Å². The van der Waals surface area contributed by atoms with Crippen molar-refractivity contribution in [3.63, 3.8) is 0 Å². The van der Waals surface area contributed by atoms with E-state index >= 15 is 0 Å². The second-order valence-electron chi connectivity index (χ2n) is 4.92. The first-order chi connectivity index (χ1) is 10.1. The molecule has 0 aliphatic heterocycles. The van der Waals surface area contributed by atoms with E-state index in [1.807, 2.05) is 24.3 Å². The van der Waals surface area contributed by atoms with Crippen molar-refractivity contribution in [1.29, 1.82) is 0 Å². The van der Waals surface area contributed by atoms with Gasteiger partial charge in [0.1, 0.15) is 17.3 Å². The number of benzene rings is 2. The molecular weight excluding hydrogens is 289 g/mol. The smallest absolute Gasteiger partial charge is 0.146 e. The summed E-state index contributed by atoms with van der Waals surface area (Å²) in [7, 11) is 0. The molecule has 0 aliphatic carbocycles. The van der Waals surface area contributed by atoms with Gasteiger partial charge >= 0.3 is 0 Å². The third-order valence-corrected chi connectivity index (χ3v) is 3.50. The number of halogens is 2. The molecule has 0 heterocycles. The molecule has 2 nitrogen and oxygen atoms in total. The van der Waals surface area contributed by atoms with E-state index < -0.39 is 0 Å². The van der Waals surface area contributed by atoms with Crippen LogP contribution in [0.3, 0.4) is 0 Å². The van der Waals surface area contributed by atoms with Crippen LogP contribution in [0.15, 0.2) is 42.5 Å². The maximum Gasteiger partial charge on any atom is 0.146 e. The predicted octanol–water partition coefficient (Wildman–Crippen LogP) is 5.33. The third kappa shape index (κ3) is 4.45. The Labute approximate surface area is 129 Å². The van der Waals surface area contributed by atoms with E-state index in [0.29, 0.717) is 17.5 Å². The Morgan fingerprint density at radius 3 is 2.52 bits per heavy atom. The van der Waals surface area contributed by atoms with Crippen LogP contribution in [-0.4, -0.2) is 6.54 Å². The van der Waals surface area contributed by atoms with E-state index in [2.05, 4.69) is 19.2 Å². The zero-order valence-electron chi connectivity index (χ0n) is 12.2. The van der Waals surface area contributed by atoms with Crippen LogP contribution < -0.4 is 10.1 Å². The summed E-state index contributed by atoms with van der Waals surface area (Å²) in [5.41, 5.74) is 1.20. The Balaban J connectivity index is 2.05. The third-order valence-electron chi connectivity index (χ3n) is 3.20. The summed E-state index contributed by atoms with van der Waals surface area (Å²) in [6, 6.07) is 12.2. The molecule has 2 aromatic carbocycles. The molecule has 0 radical (unpaired) electrons. The fraction of sp³-hybridized carbons (Fsp3) is 0.294. The predicted molar refractivity (Wildman–Crippen MR) is 84.6 cm³/mol. The quantitative estimate of drug-likeness (QED) is 0.778. The van der Waals surface area contributed by atoms with Crippen molar-refractivity contribution in [1.82, 2.24) is 5.32 Å². The van der Waals surface area contributed by atoms with E-state index in [4.69, 9.17) is 16.3 Å². The van der Waals surface area contributed by atoms with Gasteiger partial charge < -0.3 is 10.1 Å². The number of nitrogens with one attached hydrogen (secondary N) is 1. The minimum atomic E-state index is -0.376. The van der Waals surface area contributed by atoms with Crippen LogP contribution in [0.5, 0.6) is 11.5 Å². The first-order valence-electron chi connectivity index (χ1n) is 7.06. The Bertz CT molecular complexity index is 586. The molecule has 0 aliphatic rings. The van der Waals surface area contributed by atoms with Crippen LogP contribution in [0.4, 0.5) is 4.39 Å². The van der Waals surface area contributed by atoms with Gasteiger partial charge in [-0.15, -0.1) is 0 Å². The Morgan fingerprint density at radius 2 is 1.90 bits per heavy atom. The molecule has 1 atom stereocenters. The van der Waals surface area contributed by atoms with Crippen LogP contribution in [0, 0.1) is 5.82 Å². The molecule has 4 heteroatoms. The molecule has 1 unspecified atom stereocenters. The van der Waals surface area contributed by atoms with Gasteiger partial charge in [-0.05, 0) is 55.8 Å². The fourth-order valence-corrected chi connectivity index (χ4v) is 2.19. The largest absolute Gasteiger partial charge is 0.456 e. The lowest BCUT2D eigenvalue weighted by Crippen LogP contribution is -2.19. The molecule has 0 saturated heterocycles. The minimum absolute atomic E-state index is 0.261. The maximum absolute atomic E-state index is 13.0. The Hall–Kier alpha value is -1.58. The van der Waals surface area contributed by atoms with Crippen LogP contribution in [0.2, 0.25) is 5.02 Å². The standard InChI is InChI=1S/C17H19ClFNO/c1-3-10-20-12(2)13-4-7-15(8-5-13)21-17-9-6-14(19)11-16(17)18/h4-9,11-12,20H,3,10H2,1-2H3. The lowest BCUT2D eigenvalue weighted by atomic mass is 10.1. The Kier molecular flexibility index (Phi) is 5.59. The molecule has 0 amide bonds. The van der Waals surface area contributed by atoms with Crippen molar-refractivity contribution < 1.29 is 9.13 Å². The van der Waals surface area contributed by atoms with Crippen molar-refractivity contribution in [2.75, 3.05) is 6.54 Å². The van der Waals surface area contributed by atoms with E-state index in [-0.39, 0.29) is 10.8 Å². The van der Waals surface area contributed by atoms with Gasteiger partial charge in [0.2, 0.25) is 0 Å². The average Bonchev–Trinajstić information content (AvgIpc) is 2.48. The van der Waals surface area contributed by atoms with Gasteiger partial charge in [-0.25, -0.2) is 4.39 Å². The SMILES string of the molecule is CCCNC(C)c1ccc(Oc2ccc(F)cc2Cl)cc1. The molecule has 21 heavy (non-hydrogen) atoms. The topological polar surface area (TPSA) is 21.3 Å². The molecule has 0 spiro atoms. The summed E-state index contributed by atoms with van der Waals surface area (Å²) in [6.45, 7) is 5.26. The van der Waals surface area contributed by atoms with Gasteiger partial charge in [-0.2, -0.15) is 0 Å². The molecule has 0 fully saturated rings. The van der Waals surface area contributed by atoms with Crippen LogP contribution >= 0.6 is 11.6 Å². The zero-order chi connectivity index (χ0) is 15.2. The van der Waals surface area contributed by atoms with Crippen LogP contribution in [0.25, 0.3) is 0 Å². The first kappa shape index (κ1) is 15.8. The summed E-state index contributed by atoms with van der Waals surface area (Å²) in [5.74, 6) is 0.747. The van der Waals surface area contributed by atoms with Crippen molar-refractivity contribution in [3.05, 3.63) is 58.9 Å². The number of hydrogen-bond acceptors (Lipinski definition) is 2. The van der Waals surface area contributed by atoms with Gasteiger partial charge in [-0.3, -0.25) is 0 Å². The highest BCUT2D eigenvalue weighted by Crippen LogP contribution is 2.30. The molecular formula is C17H19ClFNO. The van der Waals surface area contributed by atoms with E-state index in [1.54, 1.807) is 0 Å². The Morgan fingerprint density at radius 1 is 1.19 bits per heavy atom. The lowest BCUT2D eigenvalue weighted by Gasteiger charge is -2.14. The van der Waals surface area contributed by atoms with Crippen molar-refractivity contribution in [3.8, 4) is 11.5 Å². The van der Waals surface area contributed by atoms with Crippen molar-refractivity contribution >= 4 is 11.6 Å². The summed E-state index contributed by atoms with van der Waals surface area (Å²) in [5, 5.41) is 3.69. The monoisotopic (exact) mass is 307 g/mol. The molecule has 0 bridgehead atoms. The summed E-state index contributed by atoms with van der Waals surface area (Å²) in [6.07, 6.45) is 1.11. The molecule has 2 aromatic rings. The highest BCUT2D eigenvalue weighted by Gasteiger charge is 2.07. The van der Waals surface area contributed by atoms with Crippen molar-refractivity contribution in [2.24, 2.45) is 0 Å². The van der Waals surface area contributed by atoms with E-state index in [9.17, 15) is 4.39 Å².